The van der Waals surface area contributed by atoms with Crippen molar-refractivity contribution in [3.63, 3.8) is 0 Å². The molecule has 63 heavy (non-hydrogen) atoms. The monoisotopic (exact) mass is 911 g/mol. The van der Waals surface area contributed by atoms with Crippen molar-refractivity contribution in [1.82, 2.24) is 30.4 Å². The summed E-state index contributed by atoms with van der Waals surface area (Å²) in [4.78, 5) is 68.5. The lowest BCUT2D eigenvalue weighted by Crippen LogP contribution is -2.59. The van der Waals surface area contributed by atoms with Gasteiger partial charge in [-0.1, -0.05) is 52.6 Å². The Hall–Kier alpha value is -4.45. The summed E-state index contributed by atoms with van der Waals surface area (Å²) in [6.45, 7) is 17.6. The first kappa shape index (κ1) is 46.5. The van der Waals surface area contributed by atoms with Gasteiger partial charge in [0.05, 0.1) is 31.0 Å². The number of rotatable bonds is 16. The van der Waals surface area contributed by atoms with Crippen LogP contribution in [0.1, 0.15) is 87.0 Å². The van der Waals surface area contributed by atoms with E-state index in [1.807, 2.05) is 53.0 Å². The molecule has 2 aliphatic carbocycles. The molecule has 18 heteroatoms. The molecule has 7 rings (SSSR count). The first-order chi connectivity index (χ1) is 29.9. The number of hydrogen-bond acceptors (Lipinski definition) is 13. The summed E-state index contributed by atoms with van der Waals surface area (Å²) in [6, 6.07) is 3.36. The van der Waals surface area contributed by atoms with Crippen molar-refractivity contribution in [1.29, 1.82) is 0 Å². The third kappa shape index (κ3) is 10.7. The average molecular weight is 913 g/mol. The van der Waals surface area contributed by atoms with Crippen LogP contribution in [0.15, 0.2) is 23.6 Å². The van der Waals surface area contributed by atoms with E-state index < -0.39 is 53.0 Å². The van der Waals surface area contributed by atoms with Crippen LogP contribution in [0.5, 0.6) is 11.5 Å². The summed E-state index contributed by atoms with van der Waals surface area (Å²) in [6.07, 6.45) is 1.66. The number of nitrogens with one attached hydrogen (secondary N) is 3. The molecule has 4 aliphatic rings. The molecule has 3 aromatic rings. The van der Waals surface area contributed by atoms with Gasteiger partial charge in [0, 0.05) is 48.9 Å². The quantitative estimate of drug-likeness (QED) is 0.120. The van der Waals surface area contributed by atoms with Crippen molar-refractivity contribution in [2.24, 2.45) is 17.3 Å². The highest BCUT2D eigenvalue weighted by atomic mass is 35.5. The number of aromatic nitrogens is 2. The third-order valence-electron chi connectivity index (χ3n) is 12.6. The zero-order valence-electron chi connectivity index (χ0n) is 37.3. The van der Waals surface area contributed by atoms with E-state index in [0.29, 0.717) is 83.9 Å². The molecule has 344 valence electrons. The van der Waals surface area contributed by atoms with Gasteiger partial charge in [0.1, 0.15) is 58.7 Å². The number of pyridine rings is 1. The number of hydrogen-bond donors (Lipinski definition) is 4. The zero-order chi connectivity index (χ0) is 45.2. The Morgan fingerprint density at radius 2 is 1.83 bits per heavy atom. The number of fused-ring (bicyclic) bond motifs is 1. The number of anilines is 1. The van der Waals surface area contributed by atoms with Crippen molar-refractivity contribution < 1.29 is 43.2 Å². The number of benzene rings is 1. The Kier molecular flexibility index (Phi) is 14.3. The summed E-state index contributed by atoms with van der Waals surface area (Å²) < 4.78 is 24.3. The maximum absolute atomic E-state index is 14.8. The number of likely N-dealkylation sites (tertiary alicyclic amines) is 1. The highest BCUT2D eigenvalue weighted by molar-refractivity contribution is 7.14. The lowest BCUT2D eigenvalue weighted by Gasteiger charge is -2.35. The van der Waals surface area contributed by atoms with Gasteiger partial charge in [0.2, 0.25) is 11.8 Å². The normalized spacial score (nSPS) is 25.5. The first-order valence-electron chi connectivity index (χ1n) is 22.2. The number of carbonyl (C=O) groups is 4. The second kappa shape index (κ2) is 19.3. The second-order valence-electron chi connectivity index (χ2n) is 18.9. The molecule has 0 radical (unpaired) electrons. The first-order valence-corrected chi connectivity index (χ1v) is 23.5. The van der Waals surface area contributed by atoms with E-state index in [1.165, 1.54) is 16.2 Å². The number of amides is 3. The number of carboxylic acids is 1. The molecule has 2 aliphatic heterocycles. The fraction of sp³-hybridized carbons (Fsp3) is 0.644. The van der Waals surface area contributed by atoms with E-state index in [4.69, 9.17) is 40.5 Å². The minimum absolute atomic E-state index is 0.0353. The molecule has 4 heterocycles. The Labute approximate surface area is 378 Å². The molecule has 0 spiro atoms. The zero-order valence-corrected chi connectivity index (χ0v) is 38.9. The fourth-order valence-corrected chi connectivity index (χ4v) is 10.0. The van der Waals surface area contributed by atoms with Gasteiger partial charge >= 0.3 is 12.1 Å². The van der Waals surface area contributed by atoms with Crippen LogP contribution in [0.3, 0.4) is 0 Å². The highest BCUT2D eigenvalue weighted by Crippen LogP contribution is 2.47. The topological polar surface area (TPSA) is 194 Å². The summed E-state index contributed by atoms with van der Waals surface area (Å²) in [5, 5.41) is 22.7. The molecular formula is C45H62ClN7O9S. The summed E-state index contributed by atoms with van der Waals surface area (Å²) in [5.74, 6) is -1.17. The van der Waals surface area contributed by atoms with Gasteiger partial charge in [0.25, 0.3) is 0 Å². The van der Waals surface area contributed by atoms with Gasteiger partial charge in [-0.15, -0.1) is 11.3 Å². The van der Waals surface area contributed by atoms with Crippen molar-refractivity contribution in [2.45, 2.75) is 123 Å². The largest absolute Gasteiger partial charge is 0.491 e. The van der Waals surface area contributed by atoms with Crippen LogP contribution in [-0.2, 0) is 23.9 Å². The van der Waals surface area contributed by atoms with E-state index in [2.05, 4.69) is 27.8 Å². The predicted octanol–water partition coefficient (Wildman–Crippen LogP) is 6.59. The van der Waals surface area contributed by atoms with Gasteiger partial charge in [-0.05, 0) is 68.9 Å². The maximum Gasteiger partial charge on any atom is 0.408 e. The number of alkyl carbamates (subject to hydrolysis) is 1. The molecule has 2 saturated heterocycles. The number of aliphatic carboxylic acids is 1. The number of morpholine rings is 1. The number of thiazole rings is 1. The molecule has 0 bridgehead atoms. The van der Waals surface area contributed by atoms with Crippen molar-refractivity contribution >= 4 is 62.8 Å². The summed E-state index contributed by atoms with van der Waals surface area (Å²) in [7, 11) is 0. The van der Waals surface area contributed by atoms with E-state index in [0.717, 1.165) is 37.5 Å². The number of nitrogens with zero attached hydrogens (tertiary/aromatic N) is 4. The van der Waals surface area contributed by atoms with Gasteiger partial charge in [-0.3, -0.25) is 14.5 Å². The van der Waals surface area contributed by atoms with E-state index in [1.54, 1.807) is 12.1 Å². The van der Waals surface area contributed by atoms with Crippen molar-refractivity contribution in [3.05, 3.63) is 28.6 Å². The van der Waals surface area contributed by atoms with Gasteiger partial charge in [-0.25, -0.2) is 19.6 Å². The number of halogens is 1. The van der Waals surface area contributed by atoms with Crippen molar-refractivity contribution in [2.75, 3.05) is 51.3 Å². The molecule has 16 nitrogen and oxygen atoms in total. The number of ether oxygens (including phenoxy) is 4. The smallest absolute Gasteiger partial charge is 0.408 e. The van der Waals surface area contributed by atoms with Crippen LogP contribution in [-0.4, -0.2) is 131 Å². The van der Waals surface area contributed by atoms with Gasteiger partial charge in [0.15, 0.2) is 5.13 Å². The minimum Gasteiger partial charge on any atom is -0.491 e. The molecule has 2 saturated carbocycles. The number of carbonyl (C=O) groups excluding carboxylic acids is 3. The van der Waals surface area contributed by atoms with Crippen molar-refractivity contribution in [3.8, 4) is 22.9 Å². The second-order valence-corrected chi connectivity index (χ2v) is 20.1. The van der Waals surface area contributed by atoms with Crippen LogP contribution in [0, 0.1) is 17.3 Å². The molecule has 4 N–H and O–H groups in total. The Morgan fingerprint density at radius 1 is 1.06 bits per heavy atom. The standard InChI is InChI=1S/C45H62ClN7O9S/c1-8-27-22-45(27,41(56)57)51-39(54)33-20-29(23-53(33)40(55)38(44(5,6)7)50-43(58)62-28-10-9-26(4)19-28)61-35-21-31(32-24-63-42(49-32)47-25(2)3)48-37-30(35)11-12-34(36(37)46)60-18-15-52-13-16-59-17-14-52/h11-12,21,24-29,33,38H,8-10,13-20,22-23H2,1-7H3,(H,47,49)(H,50,58)(H,51,54)(H,56,57)/t26-,27-,28+,29-,33+,38-,45-/m1/s1. The van der Waals surface area contributed by atoms with Crippen LogP contribution >= 0.6 is 22.9 Å². The van der Waals surface area contributed by atoms with E-state index in [9.17, 15) is 24.3 Å². The van der Waals surface area contributed by atoms with E-state index >= 15 is 0 Å². The fourth-order valence-electron chi connectivity index (χ4n) is 8.89. The van der Waals surface area contributed by atoms with E-state index in [-0.39, 0.29) is 31.0 Å². The SMILES string of the molecule is CC[C@@H]1C[C@]1(NC(=O)[C@@H]1C[C@@H](Oc2cc(-c3csc(NC(C)C)n3)nc3c(Cl)c(OCCN4CCOCC4)ccc23)CN1C(=O)[C@@H](NC(=O)O[C@H]1CC[C@@H](C)C1)C(C)(C)C)C(=O)O. The maximum atomic E-state index is 14.8. The van der Waals surface area contributed by atoms with Crippen LogP contribution in [0.4, 0.5) is 9.93 Å². The average Bonchev–Trinajstić information content (AvgIpc) is 3.54. The molecule has 0 unspecified atom stereocenters. The molecule has 1 aromatic carbocycles. The van der Waals surface area contributed by atoms with Crippen LogP contribution < -0.4 is 25.4 Å². The Bertz CT molecular complexity index is 2160. The minimum atomic E-state index is -1.42. The summed E-state index contributed by atoms with van der Waals surface area (Å²) >= 11 is 8.55. The molecule has 4 fully saturated rings. The molecule has 2 aromatic heterocycles. The summed E-state index contributed by atoms with van der Waals surface area (Å²) in [5.41, 5.74) is -0.703. The Balaban J connectivity index is 1.20. The Morgan fingerprint density at radius 3 is 2.48 bits per heavy atom. The third-order valence-corrected chi connectivity index (χ3v) is 13.7. The lowest BCUT2D eigenvalue weighted by atomic mass is 9.85. The van der Waals surface area contributed by atoms with Crippen LogP contribution in [0.2, 0.25) is 5.02 Å². The molecule has 3 amide bonds. The highest BCUT2D eigenvalue weighted by Gasteiger charge is 2.61. The number of carboxylic acid groups (broad SMARTS) is 1. The predicted molar refractivity (Wildman–Crippen MR) is 240 cm³/mol. The van der Waals surface area contributed by atoms with Crippen LogP contribution in [0.25, 0.3) is 22.3 Å². The lowest BCUT2D eigenvalue weighted by molar-refractivity contribution is -0.146. The van der Waals surface area contributed by atoms with Gasteiger partial charge < -0.3 is 44.9 Å². The van der Waals surface area contributed by atoms with Gasteiger partial charge in [-0.2, -0.15) is 0 Å². The molecular weight excluding hydrogens is 850 g/mol. The molecule has 7 atom stereocenters.